The fourth-order valence-corrected chi connectivity index (χ4v) is 5.20. The molecule has 0 saturated heterocycles. The molecule has 0 aliphatic carbocycles. The van der Waals surface area contributed by atoms with E-state index >= 15 is 0 Å². The maximum absolute atomic E-state index is 13.0. The summed E-state index contributed by atoms with van der Waals surface area (Å²) in [5.41, 5.74) is 2.47. The van der Waals surface area contributed by atoms with Crippen molar-refractivity contribution in [3.63, 3.8) is 0 Å². The van der Waals surface area contributed by atoms with Gasteiger partial charge in [-0.15, -0.1) is 0 Å². The highest BCUT2D eigenvalue weighted by Crippen LogP contribution is 2.23. The summed E-state index contributed by atoms with van der Waals surface area (Å²) in [6.07, 6.45) is 14.4. The molecule has 4 heteroatoms. The van der Waals surface area contributed by atoms with E-state index in [-0.39, 0.29) is 11.9 Å². The monoisotopic (exact) mass is 524 g/mol. The average molecular weight is 525 g/mol. The van der Waals surface area contributed by atoms with Gasteiger partial charge >= 0.3 is 5.97 Å². The van der Waals surface area contributed by atoms with Gasteiger partial charge in [0.1, 0.15) is 18.2 Å². The summed E-state index contributed by atoms with van der Waals surface area (Å²) >= 11 is 0. The zero-order valence-corrected chi connectivity index (χ0v) is 24.9. The van der Waals surface area contributed by atoms with Gasteiger partial charge in [-0.2, -0.15) is 0 Å². The van der Waals surface area contributed by atoms with Gasteiger partial charge in [-0.05, 0) is 30.9 Å². The number of nitrogens with zero attached hydrogens (tertiary/aromatic N) is 1. The second-order valence-electron chi connectivity index (χ2n) is 11.5. The van der Waals surface area contributed by atoms with Crippen molar-refractivity contribution < 1.29 is 18.8 Å². The Morgan fingerprint density at radius 2 is 1.37 bits per heavy atom. The van der Waals surface area contributed by atoms with E-state index in [0.29, 0.717) is 0 Å². The molecule has 4 nitrogen and oxygen atoms in total. The van der Waals surface area contributed by atoms with Crippen molar-refractivity contribution in [1.82, 2.24) is 0 Å². The normalized spacial score (nSPS) is 13.2. The molecular formula is C34H54NO3+. The summed E-state index contributed by atoms with van der Waals surface area (Å²) in [4.78, 5) is 13.0. The molecule has 2 aromatic rings. The minimum Gasteiger partial charge on any atom is -0.455 e. The third kappa shape index (κ3) is 13.0. The van der Waals surface area contributed by atoms with E-state index in [2.05, 4.69) is 64.3 Å². The first-order chi connectivity index (χ1) is 18.3. The summed E-state index contributed by atoms with van der Waals surface area (Å²) in [5.74, 6) is 0.491. The number of carbonyl (C=O) groups is 1. The molecule has 0 heterocycles. The van der Waals surface area contributed by atoms with E-state index in [4.69, 9.17) is 9.47 Å². The molecule has 0 aromatic heterocycles. The van der Waals surface area contributed by atoms with Crippen LogP contribution in [-0.2, 0) is 22.5 Å². The number of hydrogen-bond donors (Lipinski definition) is 0. The number of unbranched alkanes of at least 4 members (excludes halogenated alkanes) is 9. The van der Waals surface area contributed by atoms with Gasteiger partial charge in [0, 0.05) is 12.5 Å². The number of quaternary nitrogens is 1. The summed E-state index contributed by atoms with van der Waals surface area (Å²) in [5, 5.41) is 0. The van der Waals surface area contributed by atoms with Gasteiger partial charge in [-0.3, -0.25) is 4.79 Å². The third-order valence-electron chi connectivity index (χ3n) is 7.34. The van der Waals surface area contributed by atoms with Crippen LogP contribution in [0.15, 0.2) is 54.6 Å². The maximum atomic E-state index is 13.0. The van der Waals surface area contributed by atoms with Gasteiger partial charge in [-0.25, -0.2) is 0 Å². The SMILES string of the molecule is CCCCCCCCCCCCc1ccccc1OC(C)OC(=O)C(CC)C[N+](C)(C)Cc1ccccc1. The molecule has 212 valence electrons. The fraction of sp³-hybridized carbons (Fsp3) is 0.618. The smallest absolute Gasteiger partial charge is 0.317 e. The van der Waals surface area contributed by atoms with Crippen LogP contribution in [0.5, 0.6) is 5.75 Å². The Bertz CT molecular complexity index is 896. The molecule has 0 fully saturated rings. The molecule has 0 saturated carbocycles. The second kappa shape index (κ2) is 18.0. The minimum atomic E-state index is -0.616. The van der Waals surface area contributed by atoms with Crippen molar-refractivity contribution in [2.45, 2.75) is 111 Å². The molecule has 0 radical (unpaired) electrons. The zero-order chi connectivity index (χ0) is 27.6. The van der Waals surface area contributed by atoms with E-state index < -0.39 is 6.29 Å². The van der Waals surface area contributed by atoms with Crippen molar-refractivity contribution in [3.05, 3.63) is 65.7 Å². The Balaban J connectivity index is 1.76. The molecule has 2 rings (SSSR count). The van der Waals surface area contributed by atoms with Crippen LogP contribution in [-0.4, -0.2) is 37.4 Å². The summed E-state index contributed by atoms with van der Waals surface area (Å²) in [7, 11) is 4.35. The molecule has 0 aliphatic rings. The zero-order valence-electron chi connectivity index (χ0n) is 24.9. The molecule has 0 spiro atoms. The topological polar surface area (TPSA) is 35.5 Å². The number of para-hydroxylation sites is 1. The molecule has 0 amide bonds. The second-order valence-corrected chi connectivity index (χ2v) is 11.5. The number of benzene rings is 2. The molecule has 2 atom stereocenters. The Morgan fingerprint density at radius 3 is 2.00 bits per heavy atom. The highest BCUT2D eigenvalue weighted by Gasteiger charge is 2.29. The number of aryl methyl sites for hydroxylation is 1. The minimum absolute atomic E-state index is 0.165. The molecule has 0 N–H and O–H groups in total. The number of esters is 1. The first-order valence-electron chi connectivity index (χ1n) is 15.2. The van der Waals surface area contributed by atoms with Gasteiger partial charge < -0.3 is 14.0 Å². The Labute approximate surface area is 233 Å². The molecular weight excluding hydrogens is 470 g/mol. The van der Waals surface area contributed by atoms with Gasteiger partial charge in [-0.1, -0.05) is 120 Å². The number of ether oxygens (including phenoxy) is 2. The fourth-order valence-electron chi connectivity index (χ4n) is 5.20. The van der Waals surface area contributed by atoms with E-state index in [1.165, 1.54) is 68.9 Å². The molecule has 38 heavy (non-hydrogen) atoms. The highest BCUT2D eigenvalue weighted by atomic mass is 16.7. The standard InChI is InChI=1S/C34H54NO3/c1-6-8-9-10-11-12-13-14-15-19-24-32-25-20-21-26-33(32)37-29(3)38-34(36)31(7-2)28-35(4,5)27-30-22-17-16-18-23-30/h16-18,20-23,25-26,29,31H,6-15,19,24,27-28H2,1-5H3/q+1. The van der Waals surface area contributed by atoms with Gasteiger partial charge in [0.15, 0.2) is 0 Å². The Hall–Kier alpha value is -2.33. The maximum Gasteiger partial charge on any atom is 0.317 e. The van der Waals surface area contributed by atoms with Crippen molar-refractivity contribution in [1.29, 1.82) is 0 Å². The predicted octanol–water partition coefficient (Wildman–Crippen LogP) is 8.72. The summed E-state index contributed by atoms with van der Waals surface area (Å²) < 4.78 is 12.7. The lowest BCUT2D eigenvalue weighted by atomic mass is 10.0. The number of carbonyl (C=O) groups excluding carboxylic acids is 1. The Morgan fingerprint density at radius 1 is 0.789 bits per heavy atom. The van der Waals surface area contributed by atoms with Crippen molar-refractivity contribution in [3.8, 4) is 5.75 Å². The van der Waals surface area contributed by atoms with Crippen molar-refractivity contribution in [2.75, 3.05) is 20.6 Å². The van der Waals surface area contributed by atoms with E-state index in [0.717, 1.165) is 42.6 Å². The van der Waals surface area contributed by atoms with Crippen LogP contribution in [0, 0.1) is 5.92 Å². The Kier molecular flexibility index (Phi) is 15.1. The molecule has 0 aliphatic heterocycles. The van der Waals surface area contributed by atoms with Crippen LogP contribution in [0.4, 0.5) is 0 Å². The van der Waals surface area contributed by atoms with Crippen LogP contribution in [0.3, 0.4) is 0 Å². The van der Waals surface area contributed by atoms with Crippen molar-refractivity contribution >= 4 is 5.97 Å². The first kappa shape index (κ1) is 31.9. The highest BCUT2D eigenvalue weighted by molar-refractivity contribution is 5.72. The van der Waals surface area contributed by atoms with Crippen LogP contribution in [0.25, 0.3) is 0 Å². The van der Waals surface area contributed by atoms with Crippen LogP contribution < -0.4 is 4.74 Å². The van der Waals surface area contributed by atoms with Gasteiger partial charge in [0.25, 0.3) is 0 Å². The average Bonchev–Trinajstić information content (AvgIpc) is 2.89. The molecule has 0 bridgehead atoms. The third-order valence-corrected chi connectivity index (χ3v) is 7.34. The number of hydrogen-bond acceptors (Lipinski definition) is 3. The van der Waals surface area contributed by atoms with Crippen LogP contribution >= 0.6 is 0 Å². The van der Waals surface area contributed by atoms with E-state index in [9.17, 15) is 4.79 Å². The van der Waals surface area contributed by atoms with Crippen LogP contribution in [0.2, 0.25) is 0 Å². The van der Waals surface area contributed by atoms with E-state index in [1.54, 1.807) is 0 Å². The lowest BCUT2D eigenvalue weighted by molar-refractivity contribution is -0.906. The summed E-state index contributed by atoms with van der Waals surface area (Å²) in [6.45, 7) is 7.76. The first-order valence-corrected chi connectivity index (χ1v) is 15.2. The predicted molar refractivity (Wildman–Crippen MR) is 159 cm³/mol. The quantitative estimate of drug-likeness (QED) is 0.0752. The van der Waals surface area contributed by atoms with Gasteiger partial charge in [0.2, 0.25) is 6.29 Å². The summed E-state index contributed by atoms with van der Waals surface area (Å²) in [6, 6.07) is 18.6. The lowest BCUT2D eigenvalue weighted by Crippen LogP contribution is -2.45. The lowest BCUT2D eigenvalue weighted by Gasteiger charge is -2.33. The van der Waals surface area contributed by atoms with Crippen LogP contribution in [0.1, 0.15) is 103 Å². The molecule has 2 unspecified atom stereocenters. The largest absolute Gasteiger partial charge is 0.455 e. The van der Waals surface area contributed by atoms with E-state index in [1.807, 2.05) is 25.1 Å². The van der Waals surface area contributed by atoms with Crippen molar-refractivity contribution in [2.24, 2.45) is 5.92 Å². The number of rotatable bonds is 20. The van der Waals surface area contributed by atoms with Gasteiger partial charge in [0.05, 0.1) is 20.6 Å². The molecule has 2 aromatic carbocycles.